The van der Waals surface area contributed by atoms with Crippen molar-refractivity contribution in [2.75, 3.05) is 12.3 Å². The van der Waals surface area contributed by atoms with Crippen molar-refractivity contribution in [1.29, 1.82) is 0 Å². The fourth-order valence-electron chi connectivity index (χ4n) is 1.92. The molecule has 0 aliphatic heterocycles. The second kappa shape index (κ2) is 6.93. The molecule has 0 spiro atoms. The Bertz CT molecular complexity index is 703. The van der Waals surface area contributed by atoms with E-state index >= 15 is 0 Å². The van der Waals surface area contributed by atoms with E-state index in [4.69, 9.17) is 17.3 Å². The van der Waals surface area contributed by atoms with Gasteiger partial charge in [0.2, 0.25) is 10.0 Å². The van der Waals surface area contributed by atoms with Crippen LogP contribution in [0.3, 0.4) is 0 Å². The quantitative estimate of drug-likeness (QED) is 0.634. The van der Waals surface area contributed by atoms with Gasteiger partial charge in [-0.05, 0) is 36.6 Å². The lowest BCUT2D eigenvalue weighted by Gasteiger charge is -2.08. The molecule has 0 bridgehead atoms. The molecule has 0 radical (unpaired) electrons. The number of hydrogen-bond donors (Lipinski definition) is 2. The van der Waals surface area contributed by atoms with Crippen LogP contribution in [0.25, 0.3) is 0 Å². The summed E-state index contributed by atoms with van der Waals surface area (Å²) < 4.78 is 26.8. The van der Waals surface area contributed by atoms with Gasteiger partial charge in [0.05, 0.1) is 15.6 Å². The molecule has 2 aromatic carbocycles. The van der Waals surface area contributed by atoms with Crippen LogP contribution in [0.4, 0.5) is 5.69 Å². The van der Waals surface area contributed by atoms with Crippen LogP contribution in [0.5, 0.6) is 0 Å². The van der Waals surface area contributed by atoms with Crippen molar-refractivity contribution >= 4 is 27.3 Å². The van der Waals surface area contributed by atoms with Crippen LogP contribution in [0.15, 0.2) is 53.4 Å². The van der Waals surface area contributed by atoms with E-state index in [0.29, 0.717) is 11.6 Å². The smallest absolute Gasteiger partial charge is 0.240 e. The number of nitrogens with one attached hydrogen (secondary N) is 1. The summed E-state index contributed by atoms with van der Waals surface area (Å²) in [5.41, 5.74) is 7.06. The second-order valence-electron chi connectivity index (χ2n) is 4.67. The normalized spacial score (nSPS) is 11.5. The molecule has 0 aromatic heterocycles. The van der Waals surface area contributed by atoms with Crippen molar-refractivity contribution in [2.24, 2.45) is 0 Å². The van der Waals surface area contributed by atoms with Gasteiger partial charge in [-0.1, -0.05) is 41.9 Å². The summed E-state index contributed by atoms with van der Waals surface area (Å²) in [6.07, 6.45) is 1.55. The molecular weight excluding hydrogens is 308 g/mol. The number of sulfonamides is 1. The Labute approximate surface area is 130 Å². The predicted octanol–water partition coefficient (Wildman–Crippen LogP) is 2.83. The van der Waals surface area contributed by atoms with Gasteiger partial charge in [0, 0.05) is 6.54 Å². The van der Waals surface area contributed by atoms with Gasteiger partial charge in [-0.15, -0.1) is 0 Å². The lowest BCUT2D eigenvalue weighted by molar-refractivity contribution is 0.579. The predicted molar refractivity (Wildman–Crippen MR) is 85.8 cm³/mol. The molecule has 2 rings (SSSR count). The largest absolute Gasteiger partial charge is 0.397 e. The molecule has 0 aliphatic rings. The van der Waals surface area contributed by atoms with E-state index in [0.717, 1.165) is 12.8 Å². The van der Waals surface area contributed by atoms with Gasteiger partial charge in [-0.2, -0.15) is 0 Å². The maximum Gasteiger partial charge on any atom is 0.240 e. The minimum Gasteiger partial charge on any atom is -0.397 e. The zero-order valence-corrected chi connectivity index (χ0v) is 13.0. The maximum absolute atomic E-state index is 12.1. The van der Waals surface area contributed by atoms with Gasteiger partial charge in [0.15, 0.2) is 0 Å². The number of aryl methyl sites for hydroxylation is 1. The first-order chi connectivity index (χ1) is 9.99. The average Bonchev–Trinajstić information content (AvgIpc) is 2.47. The van der Waals surface area contributed by atoms with Crippen molar-refractivity contribution in [3.8, 4) is 0 Å². The topological polar surface area (TPSA) is 72.2 Å². The number of anilines is 1. The minimum atomic E-state index is -3.54. The lowest BCUT2D eigenvalue weighted by Crippen LogP contribution is -2.25. The van der Waals surface area contributed by atoms with E-state index in [1.165, 1.54) is 23.8 Å². The van der Waals surface area contributed by atoms with E-state index in [1.807, 2.05) is 30.3 Å². The highest BCUT2D eigenvalue weighted by Gasteiger charge is 2.14. The van der Waals surface area contributed by atoms with Crippen molar-refractivity contribution in [1.82, 2.24) is 4.72 Å². The van der Waals surface area contributed by atoms with Crippen molar-refractivity contribution in [2.45, 2.75) is 17.7 Å². The standard InChI is InChI=1S/C15H17ClN2O2S/c16-14-9-8-13(11-15(14)17)21(19,20)18-10-4-7-12-5-2-1-3-6-12/h1-3,5-6,8-9,11,18H,4,7,10,17H2. The summed E-state index contributed by atoms with van der Waals surface area (Å²) in [5.74, 6) is 0. The highest BCUT2D eigenvalue weighted by molar-refractivity contribution is 7.89. The summed E-state index contributed by atoms with van der Waals surface area (Å²) in [6, 6.07) is 14.2. The summed E-state index contributed by atoms with van der Waals surface area (Å²) in [7, 11) is -3.54. The third-order valence-electron chi connectivity index (χ3n) is 3.05. The van der Waals surface area contributed by atoms with Crippen LogP contribution in [0.2, 0.25) is 5.02 Å². The van der Waals surface area contributed by atoms with E-state index in [9.17, 15) is 8.42 Å². The first-order valence-corrected chi connectivity index (χ1v) is 8.44. The van der Waals surface area contributed by atoms with E-state index in [1.54, 1.807) is 0 Å². The molecular formula is C15H17ClN2O2S. The zero-order chi connectivity index (χ0) is 15.3. The van der Waals surface area contributed by atoms with E-state index < -0.39 is 10.0 Å². The number of rotatable bonds is 6. The Kier molecular flexibility index (Phi) is 5.22. The fourth-order valence-corrected chi connectivity index (χ4v) is 3.14. The van der Waals surface area contributed by atoms with Crippen LogP contribution < -0.4 is 10.5 Å². The second-order valence-corrected chi connectivity index (χ2v) is 6.84. The van der Waals surface area contributed by atoms with E-state index in [2.05, 4.69) is 4.72 Å². The molecule has 0 saturated heterocycles. The highest BCUT2D eigenvalue weighted by Crippen LogP contribution is 2.22. The zero-order valence-electron chi connectivity index (χ0n) is 11.4. The number of halogens is 1. The molecule has 0 saturated carbocycles. The van der Waals surface area contributed by atoms with Gasteiger partial charge in [0.25, 0.3) is 0 Å². The highest BCUT2D eigenvalue weighted by atomic mass is 35.5. The number of hydrogen-bond acceptors (Lipinski definition) is 3. The van der Waals surface area contributed by atoms with Crippen molar-refractivity contribution < 1.29 is 8.42 Å². The van der Waals surface area contributed by atoms with Crippen LogP contribution in [0, 0.1) is 0 Å². The van der Waals surface area contributed by atoms with Crippen molar-refractivity contribution in [3.05, 3.63) is 59.1 Å². The molecule has 6 heteroatoms. The SMILES string of the molecule is Nc1cc(S(=O)(=O)NCCCc2ccccc2)ccc1Cl. The molecule has 112 valence electrons. The van der Waals surface area contributed by atoms with Crippen LogP contribution >= 0.6 is 11.6 Å². The molecule has 3 N–H and O–H groups in total. The van der Waals surface area contributed by atoms with Crippen LogP contribution in [-0.4, -0.2) is 15.0 Å². The molecule has 21 heavy (non-hydrogen) atoms. The number of nitrogens with two attached hydrogens (primary N) is 1. The first kappa shape index (κ1) is 15.8. The maximum atomic E-state index is 12.1. The third kappa shape index (κ3) is 4.46. The monoisotopic (exact) mass is 324 g/mol. The van der Waals surface area contributed by atoms with Gasteiger partial charge in [-0.3, -0.25) is 0 Å². The lowest BCUT2D eigenvalue weighted by atomic mass is 10.1. The van der Waals surface area contributed by atoms with Gasteiger partial charge in [-0.25, -0.2) is 13.1 Å². The molecule has 0 aliphatic carbocycles. The van der Waals surface area contributed by atoms with E-state index in [-0.39, 0.29) is 10.6 Å². The summed E-state index contributed by atoms with van der Waals surface area (Å²) >= 11 is 5.79. The van der Waals surface area contributed by atoms with Gasteiger partial charge < -0.3 is 5.73 Å². The van der Waals surface area contributed by atoms with Gasteiger partial charge in [0.1, 0.15) is 0 Å². The molecule has 0 heterocycles. The molecule has 0 fully saturated rings. The number of benzene rings is 2. The number of nitrogen functional groups attached to an aromatic ring is 1. The molecule has 4 nitrogen and oxygen atoms in total. The average molecular weight is 325 g/mol. The Morgan fingerprint density at radius 3 is 2.48 bits per heavy atom. The first-order valence-electron chi connectivity index (χ1n) is 6.58. The summed E-state index contributed by atoms with van der Waals surface area (Å²) in [6.45, 7) is 0.375. The fraction of sp³-hybridized carbons (Fsp3) is 0.200. The molecule has 0 amide bonds. The Balaban J connectivity index is 1.91. The van der Waals surface area contributed by atoms with Crippen LogP contribution in [-0.2, 0) is 16.4 Å². The Morgan fingerprint density at radius 1 is 1.10 bits per heavy atom. The summed E-state index contributed by atoms with van der Waals surface area (Å²) in [4.78, 5) is 0.129. The summed E-state index contributed by atoms with van der Waals surface area (Å²) in [5, 5.41) is 0.345. The van der Waals surface area contributed by atoms with Crippen LogP contribution in [0.1, 0.15) is 12.0 Å². The Morgan fingerprint density at radius 2 is 1.81 bits per heavy atom. The molecule has 2 aromatic rings. The van der Waals surface area contributed by atoms with Crippen molar-refractivity contribution in [3.63, 3.8) is 0 Å². The Hall–Kier alpha value is -1.56. The molecule has 0 atom stereocenters. The van der Waals surface area contributed by atoms with Gasteiger partial charge >= 0.3 is 0 Å². The third-order valence-corrected chi connectivity index (χ3v) is 4.86. The molecule has 0 unspecified atom stereocenters. The minimum absolute atomic E-state index is 0.129.